The molecule has 0 aromatic heterocycles. The highest BCUT2D eigenvalue weighted by Crippen LogP contribution is 2.16. The van der Waals surface area contributed by atoms with E-state index < -0.39 is 5.97 Å². The molecular formula is C13H19NO2S. The number of carboxylic acids is 1. The maximum Gasteiger partial charge on any atom is 0.335 e. The zero-order valence-electron chi connectivity index (χ0n) is 10.5. The Balaban J connectivity index is 2.62. The predicted octanol–water partition coefficient (Wildman–Crippen LogP) is 3.10. The summed E-state index contributed by atoms with van der Waals surface area (Å²) in [5, 5.41) is 12.3. The van der Waals surface area contributed by atoms with Gasteiger partial charge in [0.25, 0.3) is 0 Å². The molecule has 1 aromatic rings. The van der Waals surface area contributed by atoms with Crippen LogP contribution in [-0.4, -0.2) is 29.6 Å². The molecule has 1 aromatic carbocycles. The molecule has 94 valence electrons. The zero-order chi connectivity index (χ0) is 12.8. The molecule has 0 aliphatic rings. The molecule has 3 nitrogen and oxygen atoms in total. The van der Waals surface area contributed by atoms with E-state index in [1.165, 1.54) is 0 Å². The monoisotopic (exact) mass is 253 g/mol. The van der Waals surface area contributed by atoms with Crippen LogP contribution in [0.2, 0.25) is 0 Å². The summed E-state index contributed by atoms with van der Waals surface area (Å²) in [7, 11) is 0. The van der Waals surface area contributed by atoms with Crippen molar-refractivity contribution in [2.45, 2.75) is 13.8 Å². The summed E-state index contributed by atoms with van der Waals surface area (Å²) in [6, 6.07) is 5.36. The number of aromatic carboxylic acids is 1. The normalized spacial score (nSPS) is 12.2. The highest BCUT2D eigenvalue weighted by atomic mass is 32.2. The van der Waals surface area contributed by atoms with Gasteiger partial charge in [0.2, 0.25) is 0 Å². The average molecular weight is 253 g/mol. The van der Waals surface area contributed by atoms with E-state index in [9.17, 15) is 4.79 Å². The van der Waals surface area contributed by atoms with Gasteiger partial charge in [-0.1, -0.05) is 6.92 Å². The Morgan fingerprint density at radius 2 is 2.24 bits per heavy atom. The standard InChI is InChI=1S/C13H19NO2S/c1-9(8-17-3)7-14-11-4-5-12(13(15)16)10(2)6-11/h4-6,9,14H,7-8H2,1-3H3,(H,15,16). The number of rotatable bonds is 6. The second-order valence-electron chi connectivity index (χ2n) is 4.28. The number of anilines is 1. The first-order valence-electron chi connectivity index (χ1n) is 5.61. The minimum absolute atomic E-state index is 0.368. The molecule has 0 heterocycles. The molecule has 2 N–H and O–H groups in total. The van der Waals surface area contributed by atoms with Crippen molar-refractivity contribution >= 4 is 23.4 Å². The second-order valence-corrected chi connectivity index (χ2v) is 5.19. The van der Waals surface area contributed by atoms with Crippen molar-refractivity contribution in [3.8, 4) is 0 Å². The minimum Gasteiger partial charge on any atom is -0.478 e. The summed E-state index contributed by atoms with van der Waals surface area (Å²) in [4.78, 5) is 10.9. The molecule has 0 aliphatic carbocycles. The summed E-state index contributed by atoms with van der Waals surface area (Å²) < 4.78 is 0. The summed E-state index contributed by atoms with van der Waals surface area (Å²) in [5.74, 6) is 0.855. The summed E-state index contributed by atoms with van der Waals surface area (Å²) in [6.45, 7) is 4.93. The van der Waals surface area contributed by atoms with Gasteiger partial charge < -0.3 is 10.4 Å². The van der Waals surface area contributed by atoms with Crippen molar-refractivity contribution in [1.29, 1.82) is 0 Å². The molecule has 0 fully saturated rings. The van der Waals surface area contributed by atoms with Crippen LogP contribution in [0.1, 0.15) is 22.8 Å². The fourth-order valence-corrected chi connectivity index (χ4v) is 2.34. The lowest BCUT2D eigenvalue weighted by Gasteiger charge is -2.13. The molecular weight excluding hydrogens is 234 g/mol. The molecule has 0 spiro atoms. The van der Waals surface area contributed by atoms with Crippen molar-refractivity contribution in [3.05, 3.63) is 29.3 Å². The molecule has 0 amide bonds. The molecule has 4 heteroatoms. The highest BCUT2D eigenvalue weighted by Gasteiger charge is 2.07. The van der Waals surface area contributed by atoms with Crippen LogP contribution in [0.25, 0.3) is 0 Å². The lowest BCUT2D eigenvalue weighted by molar-refractivity contribution is 0.0696. The smallest absolute Gasteiger partial charge is 0.335 e. The van der Waals surface area contributed by atoms with Crippen LogP contribution in [0, 0.1) is 12.8 Å². The molecule has 0 aliphatic heterocycles. The van der Waals surface area contributed by atoms with Crippen LogP contribution in [-0.2, 0) is 0 Å². The fraction of sp³-hybridized carbons (Fsp3) is 0.462. The highest BCUT2D eigenvalue weighted by molar-refractivity contribution is 7.98. The van der Waals surface area contributed by atoms with Crippen LogP contribution in [0.3, 0.4) is 0 Å². The van der Waals surface area contributed by atoms with Gasteiger partial charge in [0.05, 0.1) is 5.56 Å². The lowest BCUT2D eigenvalue weighted by Crippen LogP contribution is -2.13. The molecule has 0 bridgehead atoms. The van der Waals surface area contributed by atoms with Gasteiger partial charge in [-0.25, -0.2) is 4.79 Å². The van der Waals surface area contributed by atoms with Crippen molar-refractivity contribution in [3.63, 3.8) is 0 Å². The van der Waals surface area contributed by atoms with Gasteiger partial charge in [-0.2, -0.15) is 11.8 Å². The zero-order valence-corrected chi connectivity index (χ0v) is 11.3. The fourth-order valence-electron chi connectivity index (χ4n) is 1.65. The molecule has 1 rings (SSSR count). The SMILES string of the molecule is CSCC(C)CNc1ccc(C(=O)O)c(C)c1. The average Bonchev–Trinajstić information content (AvgIpc) is 2.26. The molecule has 17 heavy (non-hydrogen) atoms. The Morgan fingerprint density at radius 3 is 2.76 bits per heavy atom. The first-order chi connectivity index (χ1) is 8.04. The number of thioether (sulfide) groups is 1. The second kappa shape index (κ2) is 6.55. The van der Waals surface area contributed by atoms with Crippen LogP contribution in [0.4, 0.5) is 5.69 Å². The third-order valence-corrected chi connectivity index (χ3v) is 3.47. The first-order valence-corrected chi connectivity index (χ1v) is 7.00. The van der Waals surface area contributed by atoms with Crippen LogP contribution in [0.15, 0.2) is 18.2 Å². The number of hydrogen-bond donors (Lipinski definition) is 2. The summed E-state index contributed by atoms with van der Waals surface area (Å²) in [6.07, 6.45) is 2.10. The van der Waals surface area contributed by atoms with E-state index in [1.807, 2.05) is 30.8 Å². The minimum atomic E-state index is -0.871. The molecule has 0 saturated heterocycles. The van der Waals surface area contributed by atoms with Crippen molar-refractivity contribution < 1.29 is 9.90 Å². The molecule has 1 unspecified atom stereocenters. The van der Waals surface area contributed by atoms with Crippen LogP contribution >= 0.6 is 11.8 Å². The Bertz CT molecular complexity index is 393. The van der Waals surface area contributed by atoms with E-state index in [1.54, 1.807) is 6.07 Å². The molecule has 0 radical (unpaired) electrons. The third kappa shape index (κ3) is 4.30. The summed E-state index contributed by atoms with van der Waals surface area (Å²) >= 11 is 1.84. The largest absolute Gasteiger partial charge is 0.478 e. The Morgan fingerprint density at radius 1 is 1.53 bits per heavy atom. The van der Waals surface area contributed by atoms with Crippen molar-refractivity contribution in [2.75, 3.05) is 23.9 Å². The van der Waals surface area contributed by atoms with E-state index in [4.69, 9.17) is 5.11 Å². The Hall–Kier alpha value is -1.16. The van der Waals surface area contributed by atoms with Crippen LogP contribution in [0.5, 0.6) is 0 Å². The third-order valence-electron chi connectivity index (χ3n) is 2.56. The van der Waals surface area contributed by atoms with E-state index in [0.29, 0.717) is 11.5 Å². The quantitative estimate of drug-likeness (QED) is 0.818. The van der Waals surface area contributed by atoms with Crippen LogP contribution < -0.4 is 5.32 Å². The van der Waals surface area contributed by atoms with E-state index in [0.717, 1.165) is 23.5 Å². The maximum absolute atomic E-state index is 10.9. The van der Waals surface area contributed by atoms with E-state index in [2.05, 4.69) is 18.5 Å². The number of hydrogen-bond acceptors (Lipinski definition) is 3. The Kier molecular flexibility index (Phi) is 5.35. The number of carboxylic acid groups (broad SMARTS) is 1. The van der Waals surface area contributed by atoms with Gasteiger partial charge in [0, 0.05) is 12.2 Å². The van der Waals surface area contributed by atoms with Crippen molar-refractivity contribution in [1.82, 2.24) is 0 Å². The van der Waals surface area contributed by atoms with Gasteiger partial charge in [-0.3, -0.25) is 0 Å². The predicted molar refractivity (Wildman–Crippen MR) is 74.2 cm³/mol. The first kappa shape index (κ1) is 13.9. The maximum atomic E-state index is 10.9. The van der Waals surface area contributed by atoms with Gasteiger partial charge in [-0.15, -0.1) is 0 Å². The molecule has 1 atom stereocenters. The van der Waals surface area contributed by atoms with E-state index >= 15 is 0 Å². The number of benzene rings is 1. The number of carbonyl (C=O) groups is 1. The van der Waals surface area contributed by atoms with Gasteiger partial charge in [0.1, 0.15) is 0 Å². The summed E-state index contributed by atoms with van der Waals surface area (Å²) in [5.41, 5.74) is 2.15. The van der Waals surface area contributed by atoms with Gasteiger partial charge in [-0.05, 0) is 48.6 Å². The van der Waals surface area contributed by atoms with Gasteiger partial charge in [0.15, 0.2) is 0 Å². The topological polar surface area (TPSA) is 49.3 Å². The number of nitrogens with one attached hydrogen (secondary N) is 1. The number of aryl methyl sites for hydroxylation is 1. The van der Waals surface area contributed by atoms with Crippen molar-refractivity contribution in [2.24, 2.45) is 5.92 Å². The molecule has 0 saturated carbocycles. The van der Waals surface area contributed by atoms with Gasteiger partial charge >= 0.3 is 5.97 Å². The van der Waals surface area contributed by atoms with E-state index in [-0.39, 0.29) is 0 Å². The lowest BCUT2D eigenvalue weighted by atomic mass is 10.1. The Labute approximate surface area is 107 Å².